The molecule has 26 heavy (non-hydrogen) atoms. The highest BCUT2D eigenvalue weighted by Gasteiger charge is 2.28. The molecule has 140 valence electrons. The van der Waals surface area contributed by atoms with Crippen molar-refractivity contribution in [3.8, 4) is 0 Å². The average molecular weight is 383 g/mol. The highest BCUT2D eigenvalue weighted by Crippen LogP contribution is 2.31. The number of hydrogen-bond acceptors (Lipinski definition) is 4. The minimum absolute atomic E-state index is 0.0835. The van der Waals surface area contributed by atoms with Gasteiger partial charge in [-0.3, -0.25) is 9.69 Å². The zero-order valence-electron chi connectivity index (χ0n) is 14.7. The summed E-state index contributed by atoms with van der Waals surface area (Å²) < 4.78 is 29.5. The second kappa shape index (κ2) is 7.72. The average Bonchev–Trinajstić information content (AvgIpc) is 2.64. The van der Waals surface area contributed by atoms with E-state index in [4.69, 9.17) is 11.6 Å². The lowest BCUT2D eigenvalue weighted by atomic mass is 9.99. The standard InChI is InChI=1S/C18H21ClF2N4O/c1-11(16-13(20)4-3-5-14(16)21)24-8-6-12(7-9-24)25-18(26)17(19)15(22-2)10-23-25/h3-5,10-12,22H,6-9H2,1-2H3. The first-order valence-corrected chi connectivity index (χ1v) is 8.94. The van der Waals surface area contributed by atoms with Crippen molar-refractivity contribution in [1.82, 2.24) is 14.7 Å². The van der Waals surface area contributed by atoms with Crippen LogP contribution in [0.5, 0.6) is 0 Å². The fourth-order valence-electron chi connectivity index (χ4n) is 3.49. The number of likely N-dealkylation sites (tertiary alicyclic amines) is 1. The van der Waals surface area contributed by atoms with Crippen LogP contribution in [0.2, 0.25) is 5.02 Å². The summed E-state index contributed by atoms with van der Waals surface area (Å²) in [5.41, 5.74) is 0.252. The van der Waals surface area contributed by atoms with E-state index < -0.39 is 11.6 Å². The minimum atomic E-state index is -0.535. The van der Waals surface area contributed by atoms with Crippen molar-refractivity contribution in [2.45, 2.75) is 31.8 Å². The number of piperidine rings is 1. The minimum Gasteiger partial charge on any atom is -0.385 e. The summed E-state index contributed by atoms with van der Waals surface area (Å²) in [5.74, 6) is -1.07. The first-order chi connectivity index (χ1) is 12.4. The molecule has 0 saturated carbocycles. The van der Waals surface area contributed by atoms with Crippen molar-refractivity contribution in [3.63, 3.8) is 0 Å². The van der Waals surface area contributed by atoms with Crippen molar-refractivity contribution in [2.24, 2.45) is 0 Å². The molecule has 1 fully saturated rings. The number of benzene rings is 1. The van der Waals surface area contributed by atoms with Crippen LogP contribution in [0.25, 0.3) is 0 Å². The maximum absolute atomic E-state index is 14.0. The van der Waals surface area contributed by atoms with E-state index in [1.165, 1.54) is 29.1 Å². The fraction of sp³-hybridized carbons (Fsp3) is 0.444. The first kappa shape index (κ1) is 18.8. The molecule has 5 nitrogen and oxygen atoms in total. The zero-order chi connectivity index (χ0) is 18.8. The van der Waals surface area contributed by atoms with Crippen LogP contribution in [0.15, 0.2) is 29.2 Å². The fourth-order valence-corrected chi connectivity index (χ4v) is 3.72. The molecule has 0 spiro atoms. The lowest BCUT2D eigenvalue weighted by molar-refractivity contribution is 0.133. The molecule has 1 atom stereocenters. The van der Waals surface area contributed by atoms with Crippen molar-refractivity contribution in [3.05, 3.63) is 57.0 Å². The topological polar surface area (TPSA) is 50.2 Å². The Labute approximate surface area is 155 Å². The van der Waals surface area contributed by atoms with E-state index in [1.54, 1.807) is 14.0 Å². The number of rotatable bonds is 4. The van der Waals surface area contributed by atoms with Gasteiger partial charge in [-0.25, -0.2) is 13.5 Å². The van der Waals surface area contributed by atoms with E-state index in [1.807, 2.05) is 4.90 Å². The second-order valence-corrected chi connectivity index (χ2v) is 6.83. The third-order valence-corrected chi connectivity index (χ3v) is 5.39. The third kappa shape index (κ3) is 3.46. The van der Waals surface area contributed by atoms with Crippen LogP contribution in [-0.4, -0.2) is 34.8 Å². The van der Waals surface area contributed by atoms with Gasteiger partial charge in [0.05, 0.1) is 17.9 Å². The SMILES string of the molecule is CNc1cnn(C2CCN(C(C)c3c(F)cccc3F)CC2)c(=O)c1Cl. The van der Waals surface area contributed by atoms with E-state index in [0.717, 1.165) is 0 Å². The van der Waals surface area contributed by atoms with Gasteiger partial charge in [0, 0.05) is 31.7 Å². The summed E-state index contributed by atoms with van der Waals surface area (Å²) in [6, 6.07) is 3.45. The van der Waals surface area contributed by atoms with Crippen molar-refractivity contribution in [1.29, 1.82) is 0 Å². The van der Waals surface area contributed by atoms with Gasteiger partial charge in [-0.2, -0.15) is 5.10 Å². The van der Waals surface area contributed by atoms with Crippen LogP contribution in [0.3, 0.4) is 0 Å². The molecule has 2 heterocycles. The van der Waals surface area contributed by atoms with Gasteiger partial charge in [0.1, 0.15) is 16.7 Å². The Morgan fingerprint density at radius 2 is 1.88 bits per heavy atom. The van der Waals surface area contributed by atoms with Gasteiger partial charge in [-0.15, -0.1) is 0 Å². The number of nitrogens with one attached hydrogen (secondary N) is 1. The zero-order valence-corrected chi connectivity index (χ0v) is 15.4. The molecular weight excluding hydrogens is 362 g/mol. The predicted octanol–water partition coefficient (Wildman–Crippen LogP) is 3.61. The van der Waals surface area contributed by atoms with Crippen LogP contribution in [0.4, 0.5) is 14.5 Å². The molecule has 0 amide bonds. The van der Waals surface area contributed by atoms with Crippen LogP contribution >= 0.6 is 11.6 Å². The summed E-state index contributed by atoms with van der Waals surface area (Å²) in [6.07, 6.45) is 2.85. The van der Waals surface area contributed by atoms with Gasteiger partial charge < -0.3 is 5.32 Å². The normalized spacial score (nSPS) is 17.3. The molecular formula is C18H21ClF2N4O. The molecule has 0 radical (unpaired) electrons. The van der Waals surface area contributed by atoms with E-state index in [2.05, 4.69) is 10.4 Å². The van der Waals surface area contributed by atoms with Gasteiger partial charge in [0.2, 0.25) is 0 Å². The van der Waals surface area contributed by atoms with Gasteiger partial charge >= 0.3 is 0 Å². The smallest absolute Gasteiger partial charge is 0.287 e. The summed E-state index contributed by atoms with van der Waals surface area (Å²) in [6.45, 7) is 3.02. The van der Waals surface area contributed by atoms with Crippen molar-refractivity contribution >= 4 is 17.3 Å². The lowest BCUT2D eigenvalue weighted by Gasteiger charge is -2.36. The molecule has 1 unspecified atom stereocenters. The van der Waals surface area contributed by atoms with E-state index >= 15 is 0 Å². The monoisotopic (exact) mass is 382 g/mol. The van der Waals surface area contributed by atoms with Crippen molar-refractivity contribution in [2.75, 3.05) is 25.5 Å². The number of hydrogen-bond donors (Lipinski definition) is 1. The van der Waals surface area contributed by atoms with Crippen LogP contribution in [0.1, 0.15) is 37.4 Å². The number of nitrogens with zero attached hydrogens (tertiary/aromatic N) is 3. The van der Waals surface area contributed by atoms with E-state index in [0.29, 0.717) is 31.6 Å². The molecule has 1 saturated heterocycles. The van der Waals surface area contributed by atoms with Gasteiger partial charge in [-0.1, -0.05) is 17.7 Å². The Morgan fingerprint density at radius 3 is 2.46 bits per heavy atom. The molecule has 2 aromatic rings. The molecule has 0 aliphatic carbocycles. The van der Waals surface area contributed by atoms with Crippen LogP contribution in [0, 0.1) is 11.6 Å². The summed E-state index contributed by atoms with van der Waals surface area (Å²) in [4.78, 5) is 14.4. The quantitative estimate of drug-likeness (QED) is 0.877. The number of halogens is 3. The highest BCUT2D eigenvalue weighted by atomic mass is 35.5. The Balaban J connectivity index is 1.74. The second-order valence-electron chi connectivity index (χ2n) is 6.45. The van der Waals surface area contributed by atoms with E-state index in [-0.39, 0.29) is 28.2 Å². The maximum Gasteiger partial charge on any atom is 0.287 e. The summed E-state index contributed by atoms with van der Waals surface area (Å²) in [5, 5.41) is 7.16. The summed E-state index contributed by atoms with van der Waals surface area (Å²) in [7, 11) is 1.67. The van der Waals surface area contributed by atoms with E-state index in [9.17, 15) is 13.6 Å². The highest BCUT2D eigenvalue weighted by molar-refractivity contribution is 6.32. The first-order valence-electron chi connectivity index (χ1n) is 8.57. The molecule has 0 bridgehead atoms. The lowest BCUT2D eigenvalue weighted by Crippen LogP contribution is -2.40. The van der Waals surface area contributed by atoms with Crippen LogP contribution < -0.4 is 10.9 Å². The molecule has 1 aromatic carbocycles. The maximum atomic E-state index is 14.0. The largest absolute Gasteiger partial charge is 0.385 e. The Hall–Kier alpha value is -1.99. The van der Waals surface area contributed by atoms with Gasteiger partial charge in [-0.05, 0) is 31.9 Å². The Bertz CT molecular complexity index is 829. The molecule has 1 aliphatic heterocycles. The predicted molar refractivity (Wildman–Crippen MR) is 97.7 cm³/mol. The van der Waals surface area contributed by atoms with Crippen LogP contribution in [-0.2, 0) is 0 Å². The molecule has 1 N–H and O–H groups in total. The Kier molecular flexibility index (Phi) is 5.58. The van der Waals surface area contributed by atoms with Gasteiger partial charge in [0.15, 0.2) is 0 Å². The molecule has 3 rings (SSSR count). The van der Waals surface area contributed by atoms with Gasteiger partial charge in [0.25, 0.3) is 5.56 Å². The molecule has 1 aliphatic rings. The third-order valence-electron chi connectivity index (χ3n) is 5.02. The van der Waals surface area contributed by atoms with Crippen molar-refractivity contribution < 1.29 is 8.78 Å². The molecule has 8 heteroatoms. The number of anilines is 1. The Morgan fingerprint density at radius 1 is 1.27 bits per heavy atom. The summed E-state index contributed by atoms with van der Waals surface area (Å²) >= 11 is 6.08. The molecule has 1 aromatic heterocycles. The number of aromatic nitrogens is 2.